The minimum Gasteiger partial charge on any atom is -0.396 e. The van der Waals surface area contributed by atoms with Gasteiger partial charge in [0.25, 0.3) is 0 Å². The molecule has 0 heterocycles. The Morgan fingerprint density at radius 1 is 1.80 bits per heavy atom. The third-order valence-electron chi connectivity index (χ3n) is 1.05. The molecule has 5 heteroatoms. The maximum absolute atomic E-state index is 8.46. The van der Waals surface area contributed by atoms with Crippen molar-refractivity contribution in [3.63, 3.8) is 0 Å². The van der Waals surface area contributed by atoms with Crippen LogP contribution in [0.2, 0.25) is 0 Å². The van der Waals surface area contributed by atoms with Crippen LogP contribution in [0, 0.1) is 0 Å². The van der Waals surface area contributed by atoms with Crippen molar-refractivity contribution >= 4 is 5.96 Å². The molecule has 0 saturated carbocycles. The largest absolute Gasteiger partial charge is 0.396 e. The van der Waals surface area contributed by atoms with Crippen LogP contribution in [0.5, 0.6) is 0 Å². The van der Waals surface area contributed by atoms with Gasteiger partial charge in [-0.25, -0.2) is 10.8 Å². The Bertz CT molecular complexity index is 114. The molecule has 0 amide bonds. The first-order chi connectivity index (χ1) is 4.70. The zero-order valence-corrected chi connectivity index (χ0v) is 6.04. The van der Waals surface area contributed by atoms with Gasteiger partial charge in [0.2, 0.25) is 5.96 Å². The number of aliphatic imine (C=N–C) groups is 1. The van der Waals surface area contributed by atoms with Crippen LogP contribution in [0.3, 0.4) is 0 Å². The van der Waals surface area contributed by atoms with E-state index in [0.717, 1.165) is 0 Å². The molecule has 0 radical (unpaired) electrons. The quantitative estimate of drug-likeness (QED) is 0.169. The Morgan fingerprint density at radius 2 is 2.40 bits per heavy atom. The lowest BCUT2D eigenvalue weighted by Gasteiger charge is -2.04. The van der Waals surface area contributed by atoms with E-state index in [0.29, 0.717) is 6.42 Å². The highest BCUT2D eigenvalue weighted by atomic mass is 16.3. The molecule has 1 unspecified atom stereocenters. The van der Waals surface area contributed by atoms with Gasteiger partial charge in [-0.1, -0.05) is 0 Å². The molecular formula is C5H14N4O. The van der Waals surface area contributed by atoms with E-state index in [2.05, 4.69) is 10.4 Å². The summed E-state index contributed by atoms with van der Waals surface area (Å²) in [6.45, 7) is 1.96. The third kappa shape index (κ3) is 4.11. The van der Waals surface area contributed by atoms with Crippen LogP contribution in [-0.4, -0.2) is 23.7 Å². The average molecular weight is 146 g/mol. The summed E-state index contributed by atoms with van der Waals surface area (Å²) >= 11 is 0. The van der Waals surface area contributed by atoms with Crippen molar-refractivity contribution in [2.75, 3.05) is 6.61 Å². The summed E-state index contributed by atoms with van der Waals surface area (Å²) in [6, 6.07) is 0.0149. The van der Waals surface area contributed by atoms with Gasteiger partial charge in [0, 0.05) is 6.61 Å². The topological polar surface area (TPSA) is 96.7 Å². The van der Waals surface area contributed by atoms with Gasteiger partial charge in [0.15, 0.2) is 0 Å². The maximum Gasteiger partial charge on any atom is 0.203 e. The maximum atomic E-state index is 8.46. The number of rotatable bonds is 3. The molecule has 6 N–H and O–H groups in total. The van der Waals surface area contributed by atoms with E-state index >= 15 is 0 Å². The van der Waals surface area contributed by atoms with Crippen molar-refractivity contribution in [2.24, 2.45) is 16.6 Å². The average Bonchev–Trinajstić information content (AvgIpc) is 1.88. The summed E-state index contributed by atoms with van der Waals surface area (Å²) in [5, 5.41) is 8.46. The van der Waals surface area contributed by atoms with Crippen LogP contribution in [0.4, 0.5) is 0 Å². The van der Waals surface area contributed by atoms with Gasteiger partial charge in [-0.3, -0.25) is 5.43 Å². The number of aliphatic hydroxyl groups excluding tert-OH is 1. The summed E-state index contributed by atoms with van der Waals surface area (Å²) in [5.74, 6) is 5.14. The van der Waals surface area contributed by atoms with Gasteiger partial charge in [-0.2, -0.15) is 0 Å². The number of nitrogens with zero attached hydrogens (tertiary/aromatic N) is 1. The Kier molecular flexibility index (Phi) is 4.61. The van der Waals surface area contributed by atoms with Crippen LogP contribution >= 0.6 is 0 Å². The van der Waals surface area contributed by atoms with Crippen molar-refractivity contribution in [2.45, 2.75) is 19.4 Å². The Labute approximate surface area is 60.1 Å². The third-order valence-corrected chi connectivity index (χ3v) is 1.05. The predicted molar refractivity (Wildman–Crippen MR) is 40.1 cm³/mol. The van der Waals surface area contributed by atoms with Crippen LogP contribution in [0.25, 0.3) is 0 Å². The van der Waals surface area contributed by atoms with Gasteiger partial charge < -0.3 is 10.8 Å². The Balaban J connectivity index is 3.62. The van der Waals surface area contributed by atoms with Crippen LogP contribution in [0.1, 0.15) is 13.3 Å². The molecule has 0 rings (SSSR count). The lowest BCUT2D eigenvalue weighted by Crippen LogP contribution is -2.37. The smallest absolute Gasteiger partial charge is 0.203 e. The van der Waals surface area contributed by atoms with Crippen molar-refractivity contribution in [1.82, 2.24) is 5.43 Å². The molecule has 0 aromatic carbocycles. The molecular weight excluding hydrogens is 132 g/mol. The zero-order chi connectivity index (χ0) is 7.98. The second-order valence-electron chi connectivity index (χ2n) is 2.02. The SMILES string of the molecule is CC(CCO)N=C(N)NN. The minimum absolute atomic E-state index is 0.0149. The van der Waals surface area contributed by atoms with Crippen LogP contribution in [0.15, 0.2) is 4.99 Å². The highest BCUT2D eigenvalue weighted by Crippen LogP contribution is 1.93. The number of hydrogen-bond donors (Lipinski definition) is 4. The first-order valence-electron chi connectivity index (χ1n) is 3.11. The normalized spacial score (nSPS) is 14.9. The van der Waals surface area contributed by atoms with Crippen molar-refractivity contribution in [1.29, 1.82) is 0 Å². The molecule has 0 aromatic heterocycles. The summed E-state index contributed by atoms with van der Waals surface area (Å²) in [4.78, 5) is 3.88. The standard InChI is InChI=1S/C5H14N4O/c1-4(2-3-10)8-5(6)9-7/h4,10H,2-3,7H2,1H3,(H3,6,8,9). The molecule has 1 atom stereocenters. The molecule has 0 fully saturated rings. The molecule has 10 heavy (non-hydrogen) atoms. The molecule has 0 bridgehead atoms. The van der Waals surface area contributed by atoms with Crippen LogP contribution in [-0.2, 0) is 0 Å². The lowest BCUT2D eigenvalue weighted by atomic mass is 10.3. The number of aliphatic hydroxyl groups is 1. The molecule has 0 saturated heterocycles. The second kappa shape index (κ2) is 5.01. The molecule has 0 aliphatic carbocycles. The number of hydrazine groups is 1. The fourth-order valence-corrected chi connectivity index (χ4v) is 0.526. The summed E-state index contributed by atoms with van der Waals surface area (Å²) < 4.78 is 0. The van der Waals surface area contributed by atoms with E-state index < -0.39 is 0 Å². The summed E-state index contributed by atoms with van der Waals surface area (Å²) in [6.07, 6.45) is 0.600. The van der Waals surface area contributed by atoms with Gasteiger partial charge in [0.05, 0.1) is 6.04 Å². The summed E-state index contributed by atoms with van der Waals surface area (Å²) in [5.41, 5.74) is 7.44. The van der Waals surface area contributed by atoms with Crippen molar-refractivity contribution in [3.8, 4) is 0 Å². The van der Waals surface area contributed by atoms with E-state index in [-0.39, 0.29) is 18.6 Å². The van der Waals surface area contributed by atoms with E-state index in [1.807, 2.05) is 6.92 Å². The van der Waals surface area contributed by atoms with Gasteiger partial charge in [0.1, 0.15) is 0 Å². The molecule has 0 spiro atoms. The van der Waals surface area contributed by atoms with Gasteiger partial charge >= 0.3 is 0 Å². The minimum atomic E-state index is 0.0149. The monoisotopic (exact) mass is 146 g/mol. The van der Waals surface area contributed by atoms with E-state index in [1.54, 1.807) is 0 Å². The zero-order valence-electron chi connectivity index (χ0n) is 6.04. The molecule has 60 valence electrons. The number of nitrogens with one attached hydrogen (secondary N) is 1. The fraction of sp³-hybridized carbons (Fsp3) is 0.800. The van der Waals surface area contributed by atoms with Crippen molar-refractivity contribution < 1.29 is 5.11 Å². The Morgan fingerprint density at radius 3 is 2.80 bits per heavy atom. The molecule has 5 nitrogen and oxygen atoms in total. The van der Waals surface area contributed by atoms with Crippen LogP contribution < -0.4 is 17.0 Å². The highest BCUT2D eigenvalue weighted by Gasteiger charge is 1.97. The summed E-state index contributed by atoms with van der Waals surface area (Å²) in [7, 11) is 0. The molecule has 0 aliphatic rings. The number of nitrogens with two attached hydrogens (primary N) is 2. The lowest BCUT2D eigenvalue weighted by molar-refractivity contribution is 0.279. The van der Waals surface area contributed by atoms with E-state index in [1.165, 1.54) is 0 Å². The Hall–Kier alpha value is -0.810. The second-order valence-corrected chi connectivity index (χ2v) is 2.02. The molecule has 0 aliphatic heterocycles. The number of hydrogen-bond acceptors (Lipinski definition) is 3. The highest BCUT2D eigenvalue weighted by molar-refractivity contribution is 5.77. The van der Waals surface area contributed by atoms with Crippen molar-refractivity contribution in [3.05, 3.63) is 0 Å². The number of guanidine groups is 1. The van der Waals surface area contributed by atoms with E-state index in [9.17, 15) is 0 Å². The first-order valence-corrected chi connectivity index (χ1v) is 3.11. The molecule has 0 aromatic rings. The fourth-order valence-electron chi connectivity index (χ4n) is 0.526. The predicted octanol–water partition coefficient (Wildman–Crippen LogP) is -1.46. The van der Waals surface area contributed by atoms with Gasteiger partial charge in [-0.05, 0) is 13.3 Å². The van der Waals surface area contributed by atoms with E-state index in [4.69, 9.17) is 16.7 Å². The van der Waals surface area contributed by atoms with Gasteiger partial charge in [-0.15, -0.1) is 0 Å². The first kappa shape index (κ1) is 9.19.